The van der Waals surface area contributed by atoms with Crippen LogP contribution in [-0.4, -0.2) is 42.9 Å². The fraction of sp³-hybridized carbons (Fsp3) is 0.138. The van der Waals surface area contributed by atoms with Gasteiger partial charge in [0.1, 0.15) is 11.9 Å². The number of esters is 1. The van der Waals surface area contributed by atoms with Crippen LogP contribution < -0.4 is 20.3 Å². The number of urea groups is 1. The monoisotopic (exact) mass is 507 g/mol. The molecule has 1 fully saturated rings. The number of hydrogen-bond acceptors (Lipinski definition) is 6. The van der Waals surface area contributed by atoms with E-state index in [2.05, 4.69) is 15.5 Å². The summed E-state index contributed by atoms with van der Waals surface area (Å²) in [5, 5.41) is 14.5. The Hall–Kier alpha value is -5.23. The van der Waals surface area contributed by atoms with E-state index in [0.717, 1.165) is 11.4 Å². The minimum atomic E-state index is -0.406. The Morgan fingerprint density at radius 1 is 0.921 bits per heavy atom. The molecule has 0 bridgehead atoms. The topological polar surface area (TPSA) is 109 Å². The predicted molar refractivity (Wildman–Crippen MR) is 144 cm³/mol. The molecule has 0 atom stereocenters. The van der Waals surface area contributed by atoms with Gasteiger partial charge in [-0.15, -0.1) is 0 Å². The lowest BCUT2D eigenvalue weighted by Crippen LogP contribution is -2.54. The summed E-state index contributed by atoms with van der Waals surface area (Å²) in [6, 6.07) is 24.9. The highest BCUT2D eigenvalue weighted by Crippen LogP contribution is 2.33. The van der Waals surface area contributed by atoms with Gasteiger partial charge in [-0.25, -0.2) is 9.59 Å². The number of rotatable bonds is 7. The van der Waals surface area contributed by atoms with Crippen LogP contribution in [0.4, 0.5) is 21.9 Å². The number of carbonyl (C=O) groups is 2. The number of para-hydroxylation sites is 1. The van der Waals surface area contributed by atoms with Crippen LogP contribution in [0.1, 0.15) is 15.9 Å². The first-order chi connectivity index (χ1) is 18.5. The Labute approximate surface area is 219 Å². The third-order valence-corrected chi connectivity index (χ3v) is 6.14. The molecule has 1 aromatic heterocycles. The fourth-order valence-corrected chi connectivity index (χ4v) is 4.29. The maximum Gasteiger partial charge on any atom is 0.340 e. The van der Waals surface area contributed by atoms with Gasteiger partial charge in [0.15, 0.2) is 0 Å². The minimum absolute atomic E-state index is 0.0242. The Bertz CT molecular complexity index is 1490. The largest absolute Gasteiger partial charge is 0.487 e. The Morgan fingerprint density at radius 2 is 1.63 bits per heavy atom. The second-order valence-corrected chi connectivity index (χ2v) is 8.70. The van der Waals surface area contributed by atoms with Crippen LogP contribution in [0.2, 0.25) is 0 Å². The zero-order valence-electron chi connectivity index (χ0n) is 20.6. The number of ether oxygens (including phenoxy) is 2. The van der Waals surface area contributed by atoms with Gasteiger partial charge in [-0.2, -0.15) is 5.26 Å². The smallest absolute Gasteiger partial charge is 0.340 e. The predicted octanol–water partition coefficient (Wildman–Crippen LogP) is 5.05. The SMILES string of the molecule is COC(=O)c1cccc(N2CC(Oc3ccc(NC(=O)Nc4cccc(C#N)c4)cc3)C2)c1-n1cccc1. The van der Waals surface area contributed by atoms with Crippen LogP contribution in [0.25, 0.3) is 5.69 Å². The van der Waals surface area contributed by atoms with Crippen LogP contribution in [0.15, 0.2) is 91.3 Å². The normalized spacial score (nSPS) is 12.7. The number of nitrogens with zero attached hydrogens (tertiary/aromatic N) is 3. The first-order valence-electron chi connectivity index (χ1n) is 12.0. The van der Waals surface area contributed by atoms with Crippen molar-refractivity contribution >= 4 is 29.1 Å². The van der Waals surface area contributed by atoms with Gasteiger partial charge in [0.2, 0.25) is 0 Å². The Morgan fingerprint density at radius 3 is 2.34 bits per heavy atom. The summed E-state index contributed by atoms with van der Waals surface area (Å²) in [5.41, 5.74) is 3.81. The number of methoxy groups -OCH3 is 1. The van der Waals surface area contributed by atoms with Gasteiger partial charge in [-0.05, 0) is 66.7 Å². The number of nitrogens with one attached hydrogen (secondary N) is 2. The third kappa shape index (κ3) is 5.29. The van der Waals surface area contributed by atoms with Crippen LogP contribution >= 0.6 is 0 Å². The van der Waals surface area contributed by atoms with Crippen molar-refractivity contribution in [2.75, 3.05) is 35.7 Å². The lowest BCUT2D eigenvalue weighted by Gasteiger charge is -2.41. The molecule has 1 aliphatic heterocycles. The second kappa shape index (κ2) is 10.8. The summed E-state index contributed by atoms with van der Waals surface area (Å²) in [7, 11) is 1.38. The molecule has 38 heavy (non-hydrogen) atoms. The molecule has 1 aliphatic rings. The van der Waals surface area contributed by atoms with Crippen molar-refractivity contribution in [1.82, 2.24) is 4.57 Å². The van der Waals surface area contributed by atoms with Crippen molar-refractivity contribution < 1.29 is 19.1 Å². The van der Waals surface area contributed by atoms with E-state index in [1.165, 1.54) is 7.11 Å². The van der Waals surface area contributed by atoms with Crippen LogP contribution in [0.5, 0.6) is 5.75 Å². The quantitative estimate of drug-likeness (QED) is 0.339. The fourth-order valence-electron chi connectivity index (χ4n) is 4.29. The van der Waals surface area contributed by atoms with E-state index in [-0.39, 0.29) is 12.1 Å². The van der Waals surface area contributed by atoms with Crippen LogP contribution in [-0.2, 0) is 4.74 Å². The number of carbonyl (C=O) groups excluding carboxylic acids is 2. The molecule has 2 N–H and O–H groups in total. The van der Waals surface area contributed by atoms with Gasteiger partial charge in [-0.3, -0.25) is 0 Å². The highest BCUT2D eigenvalue weighted by atomic mass is 16.5. The number of nitriles is 1. The molecule has 2 amide bonds. The summed E-state index contributed by atoms with van der Waals surface area (Å²) in [4.78, 5) is 26.9. The lowest BCUT2D eigenvalue weighted by atomic mass is 10.1. The average molecular weight is 508 g/mol. The first kappa shape index (κ1) is 24.5. The molecule has 5 rings (SSSR count). The Balaban J connectivity index is 1.19. The number of aromatic nitrogens is 1. The van der Waals surface area contributed by atoms with Gasteiger partial charge >= 0.3 is 12.0 Å². The maximum absolute atomic E-state index is 12.4. The van der Waals surface area contributed by atoms with E-state index in [1.807, 2.05) is 47.3 Å². The zero-order valence-corrected chi connectivity index (χ0v) is 20.6. The summed E-state index contributed by atoms with van der Waals surface area (Å²) in [6.07, 6.45) is 3.78. The minimum Gasteiger partial charge on any atom is -0.487 e. The molecular weight excluding hydrogens is 482 g/mol. The highest BCUT2D eigenvalue weighted by Gasteiger charge is 2.32. The van der Waals surface area contributed by atoms with Gasteiger partial charge in [-0.1, -0.05) is 12.1 Å². The van der Waals surface area contributed by atoms with Crippen molar-refractivity contribution in [3.05, 3.63) is 102 Å². The molecule has 0 saturated carbocycles. The molecule has 190 valence electrons. The third-order valence-electron chi connectivity index (χ3n) is 6.14. The van der Waals surface area contributed by atoms with Crippen LogP contribution in [0.3, 0.4) is 0 Å². The molecule has 1 saturated heterocycles. The molecule has 0 unspecified atom stereocenters. The number of benzene rings is 3. The van der Waals surface area contributed by atoms with E-state index in [1.54, 1.807) is 54.6 Å². The van der Waals surface area contributed by atoms with E-state index < -0.39 is 6.03 Å². The lowest BCUT2D eigenvalue weighted by molar-refractivity contribution is 0.0600. The summed E-state index contributed by atoms with van der Waals surface area (Å²) in [5.74, 6) is 0.304. The number of amides is 2. The van der Waals surface area contributed by atoms with Crippen molar-refractivity contribution in [1.29, 1.82) is 5.26 Å². The second-order valence-electron chi connectivity index (χ2n) is 8.70. The first-order valence-corrected chi connectivity index (χ1v) is 12.0. The highest BCUT2D eigenvalue weighted by molar-refractivity contribution is 6.00. The van der Waals surface area contributed by atoms with Gasteiger partial charge < -0.3 is 29.6 Å². The van der Waals surface area contributed by atoms with Crippen molar-refractivity contribution in [3.8, 4) is 17.5 Å². The van der Waals surface area contributed by atoms with Crippen molar-refractivity contribution in [2.24, 2.45) is 0 Å². The summed E-state index contributed by atoms with van der Waals surface area (Å²) < 4.78 is 13.0. The molecule has 0 spiro atoms. The van der Waals surface area contributed by atoms with Gasteiger partial charge in [0.25, 0.3) is 0 Å². The molecule has 9 heteroatoms. The summed E-state index contributed by atoms with van der Waals surface area (Å²) in [6.45, 7) is 1.31. The van der Waals surface area contributed by atoms with E-state index in [9.17, 15) is 9.59 Å². The standard InChI is InChI=1S/C29H25N5O4/c1-37-28(35)25-8-5-9-26(27(25)33-14-2-3-15-33)34-18-24(19-34)38-23-12-10-21(11-13-23)31-29(36)32-22-7-4-6-20(16-22)17-30/h2-16,24H,18-19H2,1H3,(H2,31,32,36). The maximum atomic E-state index is 12.4. The van der Waals surface area contributed by atoms with Crippen molar-refractivity contribution in [3.63, 3.8) is 0 Å². The molecular formula is C29H25N5O4. The Kier molecular flexibility index (Phi) is 6.95. The number of hydrogen-bond donors (Lipinski definition) is 2. The van der Waals surface area contributed by atoms with Crippen LogP contribution in [0, 0.1) is 11.3 Å². The molecule has 2 heterocycles. The molecule has 9 nitrogen and oxygen atoms in total. The molecule has 4 aromatic rings. The van der Waals surface area contributed by atoms with Crippen molar-refractivity contribution in [2.45, 2.75) is 6.10 Å². The van der Waals surface area contributed by atoms with E-state index in [0.29, 0.717) is 41.3 Å². The summed E-state index contributed by atoms with van der Waals surface area (Å²) >= 11 is 0. The van der Waals surface area contributed by atoms with E-state index >= 15 is 0 Å². The molecule has 3 aromatic carbocycles. The zero-order chi connectivity index (χ0) is 26.5. The van der Waals surface area contributed by atoms with Gasteiger partial charge in [0.05, 0.1) is 48.8 Å². The number of anilines is 3. The molecule has 0 radical (unpaired) electrons. The molecule has 0 aliphatic carbocycles. The average Bonchev–Trinajstić information content (AvgIpc) is 3.45. The van der Waals surface area contributed by atoms with E-state index in [4.69, 9.17) is 14.7 Å². The van der Waals surface area contributed by atoms with Gasteiger partial charge in [0, 0.05) is 23.8 Å².